The molecule has 2 aliphatic heterocycles. The molecule has 1 spiro atoms. The van der Waals surface area contributed by atoms with Crippen LogP contribution in [0.1, 0.15) is 25.7 Å². The van der Waals surface area contributed by atoms with Gasteiger partial charge in [-0.15, -0.1) is 0 Å². The van der Waals surface area contributed by atoms with Crippen LogP contribution in [-0.4, -0.2) is 64.3 Å². The van der Waals surface area contributed by atoms with Gasteiger partial charge in [-0.25, -0.2) is 0 Å². The Hall–Kier alpha value is 0.320. The monoisotopic (exact) mass is 295 g/mol. The first-order valence-corrected chi connectivity index (χ1v) is 6.02. The fourth-order valence-electron chi connectivity index (χ4n) is 3.31. The van der Waals surface area contributed by atoms with E-state index in [1.54, 1.807) is 0 Å². The van der Waals surface area contributed by atoms with Gasteiger partial charge in [0.2, 0.25) is 0 Å². The molecule has 2 saturated heterocycles. The van der Waals surface area contributed by atoms with Crippen LogP contribution < -0.4 is 17.0 Å². The lowest BCUT2D eigenvalue weighted by atomic mass is 10.1. The van der Waals surface area contributed by atoms with Crippen LogP contribution >= 0.6 is 0 Å². The zero-order chi connectivity index (χ0) is 10.9. The Bertz CT molecular complexity index is 219. The van der Waals surface area contributed by atoms with Crippen molar-refractivity contribution < 1.29 is 36.8 Å². The first-order chi connectivity index (χ1) is 7.19. The van der Waals surface area contributed by atoms with Gasteiger partial charge in [0.15, 0.2) is 0 Å². The smallest absolute Gasteiger partial charge is 0.141 e. The number of aliphatic hydroxyl groups is 3. The number of hydrogen-bond donors (Lipinski definition) is 3. The van der Waals surface area contributed by atoms with Gasteiger partial charge in [0, 0.05) is 0 Å². The molecule has 0 amide bonds. The van der Waals surface area contributed by atoms with Gasteiger partial charge in [-0.05, 0) is 25.7 Å². The molecule has 0 radical (unpaired) electrons. The summed E-state index contributed by atoms with van der Waals surface area (Å²) in [4.78, 5) is 0. The second-order valence-electron chi connectivity index (χ2n) is 5.07. The zero-order valence-corrected chi connectivity index (χ0v) is 11.1. The van der Waals surface area contributed by atoms with E-state index in [9.17, 15) is 15.3 Å². The molecule has 5 heteroatoms. The minimum Gasteiger partial charge on any atom is -1.00 e. The van der Waals surface area contributed by atoms with E-state index >= 15 is 0 Å². The summed E-state index contributed by atoms with van der Waals surface area (Å²) in [7, 11) is 0. The number of nitrogens with zero attached hydrogens (tertiary/aromatic N) is 1. The maximum Gasteiger partial charge on any atom is 0.141 e. The molecule has 2 heterocycles. The highest BCUT2D eigenvalue weighted by Gasteiger charge is 2.52. The Labute approximate surface area is 107 Å². The van der Waals surface area contributed by atoms with Crippen molar-refractivity contribution in [3.63, 3.8) is 0 Å². The van der Waals surface area contributed by atoms with E-state index in [0.717, 1.165) is 30.4 Å². The first-order valence-electron chi connectivity index (χ1n) is 6.02. The number of hydrogen-bond acceptors (Lipinski definition) is 3. The lowest BCUT2D eigenvalue weighted by molar-refractivity contribution is -0.941. The second kappa shape index (κ2) is 5.78. The van der Waals surface area contributed by atoms with Gasteiger partial charge in [-0.2, -0.15) is 0 Å². The maximum atomic E-state index is 9.84. The highest BCUT2D eigenvalue weighted by atomic mass is 79.9. The molecule has 3 N–H and O–H groups in total. The molecule has 96 valence electrons. The largest absolute Gasteiger partial charge is 1.00 e. The van der Waals surface area contributed by atoms with E-state index in [2.05, 4.69) is 0 Å². The predicted molar refractivity (Wildman–Crippen MR) is 56.2 cm³/mol. The molecule has 0 unspecified atom stereocenters. The van der Waals surface area contributed by atoms with Crippen LogP contribution in [0.4, 0.5) is 0 Å². The molecule has 2 rings (SSSR count). The molecule has 0 bridgehead atoms. The zero-order valence-electron chi connectivity index (χ0n) is 9.56. The summed E-state index contributed by atoms with van der Waals surface area (Å²) in [6.45, 7) is 2.60. The van der Waals surface area contributed by atoms with Gasteiger partial charge in [0.05, 0.1) is 19.7 Å². The second-order valence-corrected chi connectivity index (χ2v) is 5.07. The Morgan fingerprint density at radius 1 is 1.00 bits per heavy atom. The van der Waals surface area contributed by atoms with Gasteiger partial charge in [0.1, 0.15) is 24.8 Å². The third-order valence-corrected chi connectivity index (χ3v) is 4.19. The molecule has 16 heavy (non-hydrogen) atoms. The van der Waals surface area contributed by atoms with Crippen LogP contribution in [-0.2, 0) is 0 Å². The number of aliphatic hydroxyl groups excluding tert-OH is 3. The number of quaternary nitrogens is 1. The van der Waals surface area contributed by atoms with Crippen LogP contribution in [0.15, 0.2) is 0 Å². The van der Waals surface area contributed by atoms with Crippen molar-refractivity contribution in [2.45, 2.75) is 43.9 Å². The van der Waals surface area contributed by atoms with E-state index in [-0.39, 0.29) is 29.6 Å². The first kappa shape index (κ1) is 14.4. The molecule has 3 atom stereocenters. The summed E-state index contributed by atoms with van der Waals surface area (Å²) < 4.78 is 0.735. The highest BCUT2D eigenvalue weighted by molar-refractivity contribution is 4.85. The van der Waals surface area contributed by atoms with Crippen LogP contribution in [0.25, 0.3) is 0 Å². The van der Waals surface area contributed by atoms with E-state index in [1.165, 1.54) is 12.8 Å². The quantitative estimate of drug-likeness (QED) is 0.440. The third-order valence-electron chi connectivity index (χ3n) is 4.19. The van der Waals surface area contributed by atoms with Crippen molar-refractivity contribution in [2.24, 2.45) is 0 Å². The normalized spacial score (nSPS) is 38.1. The lowest BCUT2D eigenvalue weighted by Crippen LogP contribution is -3.00. The molecular weight excluding hydrogens is 274 g/mol. The van der Waals surface area contributed by atoms with Crippen LogP contribution in [0.3, 0.4) is 0 Å². The maximum absolute atomic E-state index is 9.84. The van der Waals surface area contributed by atoms with E-state index in [4.69, 9.17) is 0 Å². The predicted octanol–water partition coefficient (Wildman–Crippen LogP) is -3.52. The van der Waals surface area contributed by atoms with Crippen LogP contribution in [0.5, 0.6) is 0 Å². The highest BCUT2D eigenvalue weighted by Crippen LogP contribution is 2.31. The Morgan fingerprint density at radius 3 is 2.06 bits per heavy atom. The van der Waals surface area contributed by atoms with Crippen LogP contribution in [0, 0.1) is 0 Å². The van der Waals surface area contributed by atoms with Gasteiger partial charge in [-0.3, -0.25) is 0 Å². The summed E-state index contributed by atoms with van der Waals surface area (Å²) >= 11 is 0. The van der Waals surface area contributed by atoms with Crippen LogP contribution in [0.2, 0.25) is 0 Å². The molecular formula is C11H22BrNO3. The minimum atomic E-state index is -0.743. The van der Waals surface area contributed by atoms with E-state index < -0.39 is 12.2 Å². The molecule has 0 aromatic heterocycles. The van der Waals surface area contributed by atoms with Gasteiger partial charge < -0.3 is 36.8 Å². The van der Waals surface area contributed by atoms with E-state index in [0.29, 0.717) is 6.54 Å². The lowest BCUT2D eigenvalue weighted by Gasteiger charge is -2.38. The standard InChI is InChI=1S/C11H22NO3.BrH/c13-8-9-11(15)10(14)7-12(9)5-3-1-2-4-6-12;/h9-11,13-15H,1-8H2;1H/q+1;/p-1/t9-,10-,11-;/m0./s1. The average Bonchev–Trinajstić information content (AvgIpc) is 2.42. The molecule has 2 fully saturated rings. The minimum absolute atomic E-state index is 0. The number of halogens is 1. The Morgan fingerprint density at radius 2 is 1.56 bits per heavy atom. The van der Waals surface area contributed by atoms with Crippen molar-refractivity contribution in [3.05, 3.63) is 0 Å². The summed E-state index contributed by atoms with van der Waals surface area (Å²) in [5.74, 6) is 0. The van der Waals surface area contributed by atoms with Crippen molar-refractivity contribution in [1.82, 2.24) is 0 Å². The summed E-state index contributed by atoms with van der Waals surface area (Å²) in [6, 6.07) is -0.168. The topological polar surface area (TPSA) is 60.7 Å². The SMILES string of the molecule is OC[C@H]1[C@H](O)[C@@H](O)C[N+]12CCCCCC2.[Br-]. The van der Waals surface area contributed by atoms with Crippen molar-refractivity contribution in [3.8, 4) is 0 Å². The Balaban J connectivity index is 0.00000128. The number of rotatable bonds is 1. The molecule has 0 aromatic carbocycles. The summed E-state index contributed by atoms with van der Waals surface area (Å²) in [5, 5.41) is 28.9. The van der Waals surface area contributed by atoms with Crippen molar-refractivity contribution in [2.75, 3.05) is 26.2 Å². The Kier molecular flexibility index (Phi) is 5.19. The average molecular weight is 296 g/mol. The molecule has 2 aliphatic rings. The van der Waals surface area contributed by atoms with Gasteiger partial charge >= 0.3 is 0 Å². The van der Waals surface area contributed by atoms with Gasteiger partial charge in [-0.1, -0.05) is 0 Å². The molecule has 4 nitrogen and oxygen atoms in total. The van der Waals surface area contributed by atoms with Crippen molar-refractivity contribution in [1.29, 1.82) is 0 Å². The summed E-state index contributed by atoms with van der Waals surface area (Å²) in [6.07, 6.45) is 3.38. The molecule has 0 saturated carbocycles. The van der Waals surface area contributed by atoms with Crippen molar-refractivity contribution >= 4 is 0 Å². The fraction of sp³-hybridized carbons (Fsp3) is 1.00. The molecule has 0 aliphatic carbocycles. The fourth-order valence-corrected chi connectivity index (χ4v) is 3.31. The molecule has 0 aromatic rings. The third kappa shape index (κ3) is 2.43. The van der Waals surface area contributed by atoms with E-state index in [1.807, 2.05) is 0 Å². The summed E-state index contributed by atoms with van der Waals surface area (Å²) in [5.41, 5.74) is 0. The van der Waals surface area contributed by atoms with Gasteiger partial charge in [0.25, 0.3) is 0 Å².